The van der Waals surface area contributed by atoms with E-state index in [2.05, 4.69) is 35.8 Å². The van der Waals surface area contributed by atoms with E-state index in [1.165, 1.54) is 5.56 Å². The van der Waals surface area contributed by atoms with E-state index in [0.29, 0.717) is 18.9 Å². The minimum atomic E-state index is -0.251. The van der Waals surface area contributed by atoms with Gasteiger partial charge in [0.2, 0.25) is 0 Å². The van der Waals surface area contributed by atoms with Gasteiger partial charge < -0.3 is 9.84 Å². The number of phenols is 1. The zero-order chi connectivity index (χ0) is 19.6. The van der Waals surface area contributed by atoms with Gasteiger partial charge in [-0.25, -0.2) is 0 Å². The highest BCUT2D eigenvalue weighted by molar-refractivity contribution is 9.10. The summed E-state index contributed by atoms with van der Waals surface area (Å²) in [6, 6.07) is 11.2. The molecule has 0 spiro atoms. The smallest absolute Gasteiger partial charge is 0.169 e. The van der Waals surface area contributed by atoms with Crippen molar-refractivity contribution in [2.75, 3.05) is 6.61 Å². The van der Waals surface area contributed by atoms with Gasteiger partial charge in [0.1, 0.15) is 11.5 Å². The van der Waals surface area contributed by atoms with Crippen molar-refractivity contribution in [3.63, 3.8) is 0 Å². The third kappa shape index (κ3) is 4.11. The van der Waals surface area contributed by atoms with Crippen molar-refractivity contribution >= 4 is 27.3 Å². The summed E-state index contributed by atoms with van der Waals surface area (Å²) < 4.78 is 6.82. The number of fused-ring (bicyclic) bond motifs is 1. The second-order valence-electron chi connectivity index (χ2n) is 7.11. The predicted octanol–water partition coefficient (Wildman–Crippen LogP) is 5.89. The Morgan fingerprint density at radius 3 is 2.81 bits per heavy atom. The molecule has 0 fully saturated rings. The Hall–Kier alpha value is -2.07. The first-order valence-electron chi connectivity index (χ1n) is 9.39. The Kier molecular flexibility index (Phi) is 6.05. The first-order valence-corrected chi connectivity index (χ1v) is 10.2. The van der Waals surface area contributed by atoms with Gasteiger partial charge >= 0.3 is 0 Å². The number of rotatable bonds is 5. The molecule has 0 saturated heterocycles. The van der Waals surface area contributed by atoms with Gasteiger partial charge in [0.25, 0.3) is 0 Å². The van der Waals surface area contributed by atoms with Crippen LogP contribution in [0.4, 0.5) is 0 Å². The van der Waals surface area contributed by atoms with Crippen LogP contribution in [0.2, 0.25) is 0 Å². The maximum atomic E-state index is 13.4. The molecule has 2 unspecified atom stereocenters. The molecule has 4 heteroatoms. The molecule has 3 nitrogen and oxygen atoms in total. The molecule has 0 radical (unpaired) electrons. The minimum absolute atomic E-state index is 0.0957. The Morgan fingerprint density at radius 2 is 2.11 bits per heavy atom. The van der Waals surface area contributed by atoms with Crippen LogP contribution in [0, 0.1) is 5.92 Å². The van der Waals surface area contributed by atoms with Crippen LogP contribution in [0.1, 0.15) is 49.8 Å². The summed E-state index contributed by atoms with van der Waals surface area (Å²) in [5.41, 5.74) is 3.81. The maximum Gasteiger partial charge on any atom is 0.169 e. The first-order chi connectivity index (χ1) is 12.9. The number of Topliss-reactive ketones (excluding diaryl/α,β-unsaturated/α-hetero) is 1. The number of halogens is 1. The normalized spacial score (nSPS) is 17.8. The SMILES string of the molecule is C/C=C(/C(=O)C1COc2ccc(O)cc2C1)c1ccc(Br)cc1C(C)CC. The van der Waals surface area contributed by atoms with Crippen LogP contribution in [-0.4, -0.2) is 17.5 Å². The largest absolute Gasteiger partial charge is 0.508 e. The average Bonchev–Trinajstić information content (AvgIpc) is 2.68. The number of carbonyl (C=O) groups is 1. The van der Waals surface area contributed by atoms with Gasteiger partial charge in [0, 0.05) is 10.0 Å². The minimum Gasteiger partial charge on any atom is -0.508 e. The number of benzene rings is 2. The predicted molar refractivity (Wildman–Crippen MR) is 112 cm³/mol. The molecule has 1 aliphatic heterocycles. The lowest BCUT2D eigenvalue weighted by Crippen LogP contribution is -2.29. The fourth-order valence-electron chi connectivity index (χ4n) is 3.61. The summed E-state index contributed by atoms with van der Waals surface area (Å²) in [5, 5.41) is 9.74. The van der Waals surface area contributed by atoms with E-state index in [1.807, 2.05) is 25.1 Å². The number of ether oxygens (including phenoxy) is 1. The lowest BCUT2D eigenvalue weighted by Gasteiger charge is -2.26. The Balaban J connectivity index is 1.92. The van der Waals surface area contributed by atoms with E-state index in [4.69, 9.17) is 4.74 Å². The van der Waals surface area contributed by atoms with Crippen molar-refractivity contribution in [3.8, 4) is 11.5 Å². The van der Waals surface area contributed by atoms with Crippen molar-refractivity contribution in [1.82, 2.24) is 0 Å². The number of aromatic hydroxyl groups is 1. The second kappa shape index (κ2) is 8.30. The van der Waals surface area contributed by atoms with E-state index in [9.17, 15) is 9.90 Å². The molecular weight excluding hydrogens is 404 g/mol. The highest BCUT2D eigenvalue weighted by atomic mass is 79.9. The number of phenolic OH excluding ortho intramolecular Hbond substituents is 1. The highest BCUT2D eigenvalue weighted by Crippen LogP contribution is 2.35. The van der Waals surface area contributed by atoms with Crippen LogP contribution in [0.5, 0.6) is 11.5 Å². The van der Waals surface area contributed by atoms with Crippen LogP contribution < -0.4 is 4.74 Å². The zero-order valence-electron chi connectivity index (χ0n) is 16.0. The van der Waals surface area contributed by atoms with Gasteiger partial charge in [-0.15, -0.1) is 0 Å². The lowest BCUT2D eigenvalue weighted by molar-refractivity contribution is -0.118. The summed E-state index contributed by atoms with van der Waals surface area (Å²) in [7, 11) is 0. The van der Waals surface area contributed by atoms with Gasteiger partial charge in [-0.05, 0) is 72.7 Å². The molecule has 0 saturated carbocycles. The fraction of sp³-hybridized carbons (Fsp3) is 0.348. The van der Waals surface area contributed by atoms with Gasteiger partial charge in [0.05, 0.1) is 12.5 Å². The number of allylic oxidation sites excluding steroid dienone is 2. The molecule has 0 aromatic heterocycles. The van der Waals surface area contributed by atoms with E-state index in [0.717, 1.165) is 33.3 Å². The molecule has 1 heterocycles. The summed E-state index contributed by atoms with van der Waals surface area (Å²) in [6.45, 7) is 6.62. The molecule has 1 aliphatic rings. The number of carbonyl (C=O) groups excluding carboxylic acids is 1. The molecule has 2 aromatic rings. The topological polar surface area (TPSA) is 46.5 Å². The quantitative estimate of drug-likeness (QED) is 0.603. The van der Waals surface area contributed by atoms with Crippen molar-refractivity contribution in [2.24, 2.45) is 5.92 Å². The summed E-state index contributed by atoms with van der Waals surface area (Å²) in [5.74, 6) is 1.16. The molecule has 0 bridgehead atoms. The standard InChI is InChI=1S/C23H25BrO3/c1-4-14(3)21-12-17(24)6-8-20(21)19(5-2)23(26)16-10-15-11-18(25)7-9-22(15)27-13-16/h5-9,11-12,14,16,25H,4,10,13H2,1-3H3/b19-5+. The van der Waals surface area contributed by atoms with Crippen LogP contribution in [0.25, 0.3) is 5.57 Å². The second-order valence-corrected chi connectivity index (χ2v) is 8.03. The molecule has 142 valence electrons. The van der Waals surface area contributed by atoms with Crippen molar-refractivity contribution in [3.05, 3.63) is 63.6 Å². The monoisotopic (exact) mass is 428 g/mol. The molecule has 0 aliphatic carbocycles. The van der Waals surface area contributed by atoms with Crippen LogP contribution in [-0.2, 0) is 11.2 Å². The Labute approximate surface area is 169 Å². The van der Waals surface area contributed by atoms with E-state index in [1.54, 1.807) is 18.2 Å². The van der Waals surface area contributed by atoms with Gasteiger partial charge in [-0.2, -0.15) is 0 Å². The van der Waals surface area contributed by atoms with Crippen molar-refractivity contribution < 1.29 is 14.6 Å². The third-order valence-electron chi connectivity index (χ3n) is 5.32. The zero-order valence-corrected chi connectivity index (χ0v) is 17.5. The van der Waals surface area contributed by atoms with Gasteiger partial charge in [-0.1, -0.05) is 41.9 Å². The number of hydrogen-bond acceptors (Lipinski definition) is 3. The molecule has 1 N–H and O–H groups in total. The van der Waals surface area contributed by atoms with E-state index >= 15 is 0 Å². The van der Waals surface area contributed by atoms with Gasteiger partial charge in [-0.3, -0.25) is 4.79 Å². The molecule has 0 amide bonds. The molecule has 3 rings (SSSR count). The molecule has 2 aromatic carbocycles. The molecule has 27 heavy (non-hydrogen) atoms. The van der Waals surface area contributed by atoms with Crippen LogP contribution >= 0.6 is 15.9 Å². The maximum absolute atomic E-state index is 13.4. The van der Waals surface area contributed by atoms with Crippen LogP contribution in [0.3, 0.4) is 0 Å². The lowest BCUT2D eigenvalue weighted by atomic mass is 9.83. The number of hydrogen-bond donors (Lipinski definition) is 1. The fourth-order valence-corrected chi connectivity index (χ4v) is 3.99. The van der Waals surface area contributed by atoms with Crippen molar-refractivity contribution in [1.29, 1.82) is 0 Å². The van der Waals surface area contributed by atoms with Crippen LogP contribution in [0.15, 0.2) is 46.9 Å². The summed E-state index contributed by atoms with van der Waals surface area (Å²) >= 11 is 3.56. The Bertz CT molecular complexity index is 885. The molecule has 2 atom stereocenters. The summed E-state index contributed by atoms with van der Waals surface area (Å²) in [4.78, 5) is 13.4. The van der Waals surface area contributed by atoms with E-state index < -0.39 is 0 Å². The third-order valence-corrected chi connectivity index (χ3v) is 5.82. The molecular formula is C23H25BrO3. The first kappa shape index (κ1) is 19.7. The number of ketones is 1. The average molecular weight is 429 g/mol. The van der Waals surface area contributed by atoms with Crippen molar-refractivity contribution in [2.45, 2.75) is 39.5 Å². The van der Waals surface area contributed by atoms with Gasteiger partial charge in [0.15, 0.2) is 5.78 Å². The summed E-state index contributed by atoms with van der Waals surface area (Å²) in [6.07, 6.45) is 3.50. The van der Waals surface area contributed by atoms with E-state index in [-0.39, 0.29) is 17.5 Å². The highest BCUT2D eigenvalue weighted by Gasteiger charge is 2.29. The Morgan fingerprint density at radius 1 is 1.33 bits per heavy atom.